The minimum Gasteiger partial charge on any atom is -0.450 e. The summed E-state index contributed by atoms with van der Waals surface area (Å²) in [6.07, 6.45) is 3.23. The molecule has 6 heteroatoms. The Labute approximate surface area is 173 Å². The first-order valence-corrected chi connectivity index (χ1v) is 9.79. The Morgan fingerprint density at radius 2 is 1.73 bits per heavy atom. The molecule has 0 spiro atoms. The van der Waals surface area contributed by atoms with E-state index in [-0.39, 0.29) is 11.5 Å². The molecular formula is C24H21NO5. The Bertz CT molecular complexity index is 1110. The first kappa shape index (κ1) is 19.6. The van der Waals surface area contributed by atoms with Gasteiger partial charge in [0.15, 0.2) is 12.4 Å². The highest BCUT2D eigenvalue weighted by molar-refractivity contribution is 5.95. The van der Waals surface area contributed by atoms with Crippen LogP contribution < -0.4 is 5.32 Å². The summed E-state index contributed by atoms with van der Waals surface area (Å²) in [7, 11) is 0. The molecule has 0 saturated heterocycles. The number of carbonyl (C=O) groups excluding carboxylic acids is 3. The molecule has 0 fully saturated rings. The molecule has 1 heterocycles. The zero-order chi connectivity index (χ0) is 21.1. The Hall–Kier alpha value is -3.67. The maximum atomic E-state index is 12.2. The van der Waals surface area contributed by atoms with Gasteiger partial charge >= 0.3 is 5.97 Å². The van der Waals surface area contributed by atoms with E-state index in [1.807, 2.05) is 18.2 Å². The number of nitrogens with one attached hydrogen (secondary N) is 1. The molecule has 152 valence electrons. The van der Waals surface area contributed by atoms with Gasteiger partial charge in [-0.1, -0.05) is 30.3 Å². The number of aryl methyl sites for hydroxylation is 2. The summed E-state index contributed by atoms with van der Waals surface area (Å²) in [4.78, 5) is 35.7. The quantitative estimate of drug-likeness (QED) is 0.486. The summed E-state index contributed by atoms with van der Waals surface area (Å²) in [5, 5.41) is 2.75. The fourth-order valence-electron chi connectivity index (χ4n) is 3.52. The Morgan fingerprint density at radius 1 is 0.967 bits per heavy atom. The normalized spacial score (nSPS) is 12.3. The maximum absolute atomic E-state index is 12.2. The summed E-state index contributed by atoms with van der Waals surface area (Å²) in [5.41, 5.74) is 4.60. The van der Waals surface area contributed by atoms with Crippen molar-refractivity contribution in [2.75, 3.05) is 11.9 Å². The average Bonchev–Trinajstić information content (AvgIpc) is 3.41. The van der Waals surface area contributed by atoms with Gasteiger partial charge in [-0.25, -0.2) is 4.79 Å². The van der Waals surface area contributed by atoms with E-state index in [1.54, 1.807) is 30.3 Å². The third-order valence-corrected chi connectivity index (χ3v) is 5.10. The first-order chi connectivity index (χ1) is 14.5. The van der Waals surface area contributed by atoms with Crippen molar-refractivity contribution in [2.45, 2.75) is 26.2 Å². The van der Waals surface area contributed by atoms with Crippen molar-refractivity contribution in [1.29, 1.82) is 0 Å². The van der Waals surface area contributed by atoms with Crippen molar-refractivity contribution in [2.24, 2.45) is 0 Å². The lowest BCUT2D eigenvalue weighted by atomic mass is 10.1. The number of rotatable bonds is 6. The lowest BCUT2D eigenvalue weighted by Crippen LogP contribution is -2.20. The summed E-state index contributed by atoms with van der Waals surface area (Å²) in [6.45, 7) is 1.09. The highest BCUT2D eigenvalue weighted by Crippen LogP contribution is 2.25. The molecule has 0 radical (unpaired) electrons. The average molecular weight is 403 g/mol. The van der Waals surface area contributed by atoms with Crippen LogP contribution in [0.1, 0.15) is 45.4 Å². The fraction of sp³-hybridized carbons (Fsp3) is 0.208. The number of carbonyl (C=O) groups is 3. The van der Waals surface area contributed by atoms with Crippen LogP contribution in [-0.2, 0) is 22.4 Å². The molecule has 1 aromatic heterocycles. The SMILES string of the molecule is CC(=O)c1ccc(-c2ccc(C(=O)OCC(=O)Nc3ccc4c(c3)CCC4)o2)cc1. The molecular weight excluding hydrogens is 382 g/mol. The van der Waals surface area contributed by atoms with Gasteiger partial charge in [-0.05, 0) is 61.6 Å². The van der Waals surface area contributed by atoms with E-state index in [2.05, 4.69) is 5.32 Å². The van der Waals surface area contributed by atoms with Crippen LogP contribution in [0.2, 0.25) is 0 Å². The maximum Gasteiger partial charge on any atom is 0.374 e. The number of ketones is 1. The smallest absolute Gasteiger partial charge is 0.374 e. The van der Waals surface area contributed by atoms with Gasteiger partial charge in [0.1, 0.15) is 5.76 Å². The highest BCUT2D eigenvalue weighted by atomic mass is 16.5. The third kappa shape index (κ3) is 4.33. The van der Waals surface area contributed by atoms with Gasteiger partial charge in [0.2, 0.25) is 5.76 Å². The number of ether oxygens (including phenoxy) is 1. The predicted molar refractivity (Wildman–Crippen MR) is 112 cm³/mol. The van der Waals surface area contributed by atoms with Crippen LogP contribution in [0.4, 0.5) is 5.69 Å². The van der Waals surface area contributed by atoms with E-state index in [9.17, 15) is 14.4 Å². The zero-order valence-corrected chi connectivity index (χ0v) is 16.6. The van der Waals surface area contributed by atoms with Crippen LogP contribution >= 0.6 is 0 Å². The van der Waals surface area contributed by atoms with Crippen LogP contribution in [0.15, 0.2) is 59.0 Å². The van der Waals surface area contributed by atoms with Crippen LogP contribution in [0, 0.1) is 0 Å². The van der Waals surface area contributed by atoms with Crippen LogP contribution in [0.25, 0.3) is 11.3 Å². The minimum atomic E-state index is -0.717. The molecule has 2 aromatic carbocycles. The lowest BCUT2D eigenvalue weighted by molar-refractivity contribution is -0.119. The summed E-state index contributed by atoms with van der Waals surface area (Å²) in [5.74, 6) is -0.673. The van der Waals surface area contributed by atoms with Crippen molar-refractivity contribution in [3.63, 3.8) is 0 Å². The molecule has 0 bridgehead atoms. The number of anilines is 1. The van der Waals surface area contributed by atoms with Crippen molar-refractivity contribution in [1.82, 2.24) is 0 Å². The largest absolute Gasteiger partial charge is 0.450 e. The van der Waals surface area contributed by atoms with Gasteiger partial charge in [-0.15, -0.1) is 0 Å². The molecule has 1 aliphatic carbocycles. The molecule has 1 aliphatic rings. The zero-order valence-electron chi connectivity index (χ0n) is 16.6. The first-order valence-electron chi connectivity index (χ1n) is 9.79. The van der Waals surface area contributed by atoms with Gasteiger partial charge < -0.3 is 14.5 Å². The number of Topliss-reactive ketones (excluding diaryl/α,β-unsaturated/α-hetero) is 1. The standard InChI is InChI=1S/C24H21NO5/c1-15(26)16-5-7-18(8-6-16)21-11-12-22(30-21)24(28)29-14-23(27)25-20-10-9-17-3-2-4-19(17)13-20/h5-13H,2-4,14H2,1H3,(H,25,27). The van der Waals surface area contributed by atoms with Crippen molar-refractivity contribution in [3.05, 3.63) is 77.0 Å². The van der Waals surface area contributed by atoms with E-state index in [4.69, 9.17) is 9.15 Å². The topological polar surface area (TPSA) is 85.6 Å². The van der Waals surface area contributed by atoms with Gasteiger partial charge in [0, 0.05) is 16.8 Å². The van der Waals surface area contributed by atoms with Crippen LogP contribution in [0.5, 0.6) is 0 Å². The fourth-order valence-corrected chi connectivity index (χ4v) is 3.52. The minimum absolute atomic E-state index is 0.00553. The predicted octanol–water partition coefficient (Wildman–Crippen LogP) is 4.43. The van der Waals surface area contributed by atoms with Crippen LogP contribution in [-0.4, -0.2) is 24.3 Å². The summed E-state index contributed by atoms with van der Waals surface area (Å²) in [6, 6.07) is 15.9. The van der Waals surface area contributed by atoms with Gasteiger partial charge in [0.05, 0.1) is 0 Å². The van der Waals surface area contributed by atoms with Gasteiger partial charge in [-0.2, -0.15) is 0 Å². The number of esters is 1. The molecule has 30 heavy (non-hydrogen) atoms. The molecule has 0 saturated carbocycles. The molecule has 6 nitrogen and oxygen atoms in total. The van der Waals surface area contributed by atoms with E-state index in [0.29, 0.717) is 17.0 Å². The summed E-state index contributed by atoms with van der Waals surface area (Å²) < 4.78 is 10.6. The molecule has 0 atom stereocenters. The molecule has 3 aromatic rings. The Balaban J connectivity index is 1.33. The number of hydrogen-bond acceptors (Lipinski definition) is 5. The van der Waals surface area contributed by atoms with Crippen molar-refractivity contribution in [3.8, 4) is 11.3 Å². The van der Waals surface area contributed by atoms with E-state index < -0.39 is 18.5 Å². The lowest BCUT2D eigenvalue weighted by Gasteiger charge is -2.07. The second kappa shape index (κ2) is 8.37. The van der Waals surface area contributed by atoms with E-state index >= 15 is 0 Å². The van der Waals surface area contributed by atoms with Crippen LogP contribution in [0.3, 0.4) is 0 Å². The monoisotopic (exact) mass is 403 g/mol. The number of hydrogen-bond donors (Lipinski definition) is 1. The number of furan rings is 1. The molecule has 1 amide bonds. The number of amides is 1. The van der Waals surface area contributed by atoms with Crippen molar-refractivity contribution >= 4 is 23.3 Å². The highest BCUT2D eigenvalue weighted by Gasteiger charge is 2.16. The molecule has 4 rings (SSSR count). The van der Waals surface area contributed by atoms with Crippen molar-refractivity contribution < 1.29 is 23.5 Å². The second-order valence-corrected chi connectivity index (χ2v) is 7.26. The van der Waals surface area contributed by atoms with Gasteiger partial charge in [-0.3, -0.25) is 9.59 Å². The third-order valence-electron chi connectivity index (χ3n) is 5.10. The Kier molecular flexibility index (Phi) is 5.48. The second-order valence-electron chi connectivity index (χ2n) is 7.26. The van der Waals surface area contributed by atoms with E-state index in [1.165, 1.54) is 24.1 Å². The van der Waals surface area contributed by atoms with E-state index in [0.717, 1.165) is 24.8 Å². The number of fused-ring (bicyclic) bond motifs is 1. The molecule has 1 N–H and O–H groups in total. The number of benzene rings is 2. The molecule has 0 unspecified atom stereocenters. The Morgan fingerprint density at radius 3 is 2.50 bits per heavy atom. The molecule has 0 aliphatic heterocycles. The van der Waals surface area contributed by atoms with Gasteiger partial charge in [0.25, 0.3) is 5.91 Å². The summed E-state index contributed by atoms with van der Waals surface area (Å²) >= 11 is 0.